The topological polar surface area (TPSA) is 462 Å². The van der Waals surface area contributed by atoms with E-state index >= 15 is 0 Å². The molecule has 5 saturated carbocycles. The fourth-order valence-electron chi connectivity index (χ4n) is 12.9. The smallest absolute Gasteiger partial charge is 0.244 e. The number of rotatable bonds is 23. The number of benzene rings is 5. The highest BCUT2D eigenvalue weighted by atomic mass is 16.2. The Morgan fingerprint density at radius 1 is 0.413 bits per heavy atom. The van der Waals surface area contributed by atoms with E-state index < -0.39 is 0 Å². The normalized spacial score (nSPS) is 13.6. The zero-order valence-corrected chi connectivity index (χ0v) is 66.4. The predicted molar refractivity (Wildman–Crippen MR) is 467 cm³/mol. The number of hydrogen-bond acceptors (Lipinski definition) is 27. The summed E-state index contributed by atoms with van der Waals surface area (Å²) in [6.07, 6.45) is 20.3. The molecule has 121 heavy (non-hydrogen) atoms. The van der Waals surface area contributed by atoms with Crippen LogP contribution in [0.4, 0.5) is 86.9 Å². The van der Waals surface area contributed by atoms with E-state index in [1.165, 1.54) is 85.7 Å². The largest absolute Gasteiger partial charge is 0.394 e. The molecule has 33 heteroatoms. The molecule has 14 N–H and O–H groups in total. The molecule has 5 fully saturated rings. The first kappa shape index (κ1) is 79.1. The summed E-state index contributed by atoms with van der Waals surface area (Å²) in [7, 11) is 0. The molecule has 20 rings (SSSR count). The highest BCUT2D eigenvalue weighted by molar-refractivity contribution is 5.92. The number of nitrogens with zero attached hydrogens (tertiary/aromatic N) is 18. The predicted octanol–water partition coefficient (Wildman–Crippen LogP) is 17.5. The van der Waals surface area contributed by atoms with Gasteiger partial charge in [-0.05, 0) is 94.0 Å². The molecule has 0 atom stereocenters. The Bertz CT molecular complexity index is 6160. The summed E-state index contributed by atoms with van der Waals surface area (Å²) in [6.45, 7) is 4.42. The van der Waals surface area contributed by atoms with Gasteiger partial charge in [0.15, 0.2) is 69.8 Å². The van der Waals surface area contributed by atoms with Crippen molar-refractivity contribution in [3.8, 4) is 51.6 Å². The monoisotopic (exact) mass is 1610 g/mol. The van der Waals surface area contributed by atoms with E-state index in [4.69, 9.17) is 16.7 Å². The molecule has 610 valence electrons. The van der Waals surface area contributed by atoms with Crippen molar-refractivity contribution in [1.82, 2.24) is 100.0 Å². The molecule has 15 aromatic rings. The average Bonchev–Trinajstić information content (AvgIpc) is 1.63. The second-order valence-electron chi connectivity index (χ2n) is 29.7. The number of nitriles is 1. The van der Waals surface area contributed by atoms with Gasteiger partial charge in [0, 0.05) is 141 Å². The first-order valence-electron chi connectivity index (χ1n) is 39.8. The van der Waals surface area contributed by atoms with Crippen molar-refractivity contribution in [3.05, 3.63) is 253 Å². The molecule has 0 saturated heterocycles. The van der Waals surface area contributed by atoms with Gasteiger partial charge < -0.3 is 48.7 Å². The van der Waals surface area contributed by atoms with Crippen molar-refractivity contribution in [2.75, 3.05) is 48.7 Å². The number of hydrogen-bond donors (Lipinski definition) is 12. The summed E-state index contributed by atoms with van der Waals surface area (Å²) in [4.78, 5) is 79.3. The third-order valence-electron chi connectivity index (χ3n) is 19.8. The Balaban J connectivity index is 0.000000125. The van der Waals surface area contributed by atoms with Gasteiger partial charge in [-0.2, -0.15) is 25.5 Å². The van der Waals surface area contributed by atoms with Crippen LogP contribution in [-0.4, -0.2) is 118 Å². The quantitative estimate of drug-likeness (QED) is 0.0283. The maximum atomic E-state index is 11.9. The number of amides is 1. The van der Waals surface area contributed by atoms with Gasteiger partial charge in [-0.25, -0.2) is 54.2 Å². The van der Waals surface area contributed by atoms with Crippen molar-refractivity contribution in [1.29, 1.82) is 5.26 Å². The lowest BCUT2D eigenvalue weighted by Crippen LogP contribution is -2.12. The second kappa shape index (κ2) is 36.6. The molecule has 0 aliphatic heterocycles. The lowest BCUT2D eigenvalue weighted by Gasteiger charge is -2.11. The molecule has 0 spiro atoms. The van der Waals surface area contributed by atoms with Crippen LogP contribution in [-0.2, 0) is 11.2 Å². The Kier molecular flexibility index (Phi) is 23.9. The van der Waals surface area contributed by atoms with Gasteiger partial charge >= 0.3 is 0 Å². The number of aromatic nitrogens is 20. The summed E-state index contributed by atoms with van der Waals surface area (Å²) in [5, 5.41) is 61.2. The molecule has 0 radical (unpaired) electrons. The molecule has 10 aromatic heterocycles. The summed E-state index contributed by atoms with van der Waals surface area (Å²) >= 11 is 0. The first-order valence-corrected chi connectivity index (χ1v) is 39.8. The molecule has 0 bridgehead atoms. The third kappa shape index (κ3) is 21.3. The van der Waals surface area contributed by atoms with E-state index in [2.05, 4.69) is 140 Å². The lowest BCUT2D eigenvalue weighted by atomic mass is 10.1. The molecule has 1 amide bonds. The van der Waals surface area contributed by atoms with Crippen LogP contribution in [0.25, 0.3) is 45.6 Å². The summed E-state index contributed by atoms with van der Waals surface area (Å²) in [5.74, 6) is 11.4. The molecule has 10 heterocycles. The Hall–Kier alpha value is -15.8. The van der Waals surface area contributed by atoms with Gasteiger partial charge in [-0.15, -0.1) is 10.2 Å². The van der Waals surface area contributed by atoms with Crippen LogP contribution in [0.3, 0.4) is 0 Å². The van der Waals surface area contributed by atoms with Crippen molar-refractivity contribution in [2.24, 2.45) is 0 Å². The molecular formula is C88H90N30O3. The zero-order chi connectivity index (χ0) is 83.1. The van der Waals surface area contributed by atoms with Gasteiger partial charge in [0.2, 0.25) is 23.7 Å². The van der Waals surface area contributed by atoms with Gasteiger partial charge in [0.25, 0.3) is 0 Å². The zero-order valence-electron chi connectivity index (χ0n) is 66.4. The molecule has 0 unspecified atom stereocenters. The number of carbonyl (C=O) groups excluding carboxylic acids is 3. The molecule has 5 aromatic carbocycles. The van der Waals surface area contributed by atoms with Crippen LogP contribution >= 0.6 is 0 Å². The van der Waals surface area contributed by atoms with E-state index in [1.807, 2.05) is 176 Å². The standard InChI is InChI=1S/C20H20N6O2.C18H17N7.C18H18N6O.C16H16N6.C16H15N5.2H2/c1-12(27)22-16-11-21-19(15-6-4-3-5-7-15)24-20(16)23-18-10-17(14-8-9-14)26(25-18)13(2)28;19-9-7-12-1-5-14(6-2-12)21-18-20-10-8-16(23-18)22-17-11-15(24-25-17)13-3-4-13;1-11(25)24-15(12-7-8-12)9-16(23-24)21-18-14(19)10-20-17(22-18)13-5-3-2-4-6-13;17-12-9-18-15(11-4-2-1-3-5-11)20-16(12)19-14-8-13(21-22-14)10-6-7-10;1-2-4-12(5-3-1)16-17-9-8-14(19-16)18-15-10-13(20-21-15)11-6-7-11;;/h3-7,10-11,14H,8-9H2,1-2H3,(H,22,27)(H,21,23,24,25);1-2,5-6,8,10-11,13H,3-4,7H2,(H3,20,21,22,23,24,25);2-6,9-10,12H,7-8,19H2,1H3,(H,20,21,22,23);1-5,8-10H,6-7,17H2,(H2,18,19,20,21,22);1-5,8-11H,6-7H2,(H2,17,18,19,20,21);2*1H. The van der Waals surface area contributed by atoms with E-state index in [0.717, 1.165) is 93.8 Å². The van der Waals surface area contributed by atoms with Crippen molar-refractivity contribution in [2.45, 2.75) is 121 Å². The Labute approximate surface area is 698 Å². The number of nitrogens with two attached hydrogens (primary N) is 2. The average molecular weight is 1620 g/mol. The maximum Gasteiger partial charge on any atom is 0.244 e. The number of nitrogens with one attached hydrogen (secondary N) is 10. The van der Waals surface area contributed by atoms with Crippen molar-refractivity contribution < 1.29 is 17.2 Å². The van der Waals surface area contributed by atoms with Gasteiger partial charge in [-0.1, -0.05) is 133 Å². The van der Waals surface area contributed by atoms with Crippen molar-refractivity contribution >= 4 is 105 Å². The summed E-state index contributed by atoms with van der Waals surface area (Å²) < 4.78 is 2.88. The number of aromatic amines is 3. The molecular weight excluding hydrogens is 1530 g/mol. The van der Waals surface area contributed by atoms with Crippen molar-refractivity contribution in [3.63, 3.8) is 0 Å². The van der Waals surface area contributed by atoms with Crippen LogP contribution < -0.4 is 48.7 Å². The number of nitrogen functional groups attached to an aromatic ring is 2. The lowest BCUT2D eigenvalue weighted by molar-refractivity contribution is -0.114. The SMILES string of the molecule is CC(=O)Nc1cnc(-c2ccccc2)nc1Nc1cc(C2CC2)n(C(C)=O)n1.CC(=O)n1nc(Nc2nc(-c3ccccc3)ncc2N)cc1C1CC1.N#CCc1ccc(Nc2nccc(Nc3cc(C4CC4)[nH]n3)n2)cc1.Nc1cnc(-c2ccccc2)nc1Nc1cc(C2CC2)[nH]n1.[HH].[HH].c1ccc(-c2nccc(Nc3cc(C4CC4)[nH]n3)n2)cc1. The van der Waals surface area contributed by atoms with Crippen LogP contribution in [0, 0.1) is 11.3 Å². The van der Waals surface area contributed by atoms with Crippen LogP contribution in [0.1, 0.15) is 161 Å². The molecule has 5 aliphatic rings. The number of carbonyl (C=O) groups is 3. The van der Waals surface area contributed by atoms with Gasteiger partial charge in [0.05, 0.1) is 53.8 Å². The highest BCUT2D eigenvalue weighted by Crippen LogP contribution is 2.45. The maximum absolute atomic E-state index is 11.9. The van der Waals surface area contributed by atoms with E-state index in [1.54, 1.807) is 37.1 Å². The Morgan fingerprint density at radius 3 is 1.21 bits per heavy atom. The fraction of sp³-hybridized carbons (Fsp3) is 0.216. The Morgan fingerprint density at radius 2 is 0.793 bits per heavy atom. The van der Waals surface area contributed by atoms with Crippen LogP contribution in [0.15, 0.2) is 219 Å². The minimum Gasteiger partial charge on any atom is -0.394 e. The third-order valence-corrected chi connectivity index (χ3v) is 19.8. The van der Waals surface area contributed by atoms with E-state index in [9.17, 15) is 14.4 Å². The number of H-pyrrole nitrogens is 3. The van der Waals surface area contributed by atoms with E-state index in [0.29, 0.717) is 117 Å². The summed E-state index contributed by atoms with van der Waals surface area (Å²) in [6, 6.07) is 62.2. The van der Waals surface area contributed by atoms with Gasteiger partial charge in [-0.3, -0.25) is 29.7 Å². The fourth-order valence-corrected chi connectivity index (χ4v) is 12.9. The van der Waals surface area contributed by atoms with E-state index in [-0.39, 0.29) is 20.6 Å². The molecule has 5 aliphatic carbocycles. The van der Waals surface area contributed by atoms with Crippen LogP contribution in [0.2, 0.25) is 0 Å². The highest BCUT2D eigenvalue weighted by Gasteiger charge is 2.32. The second-order valence-corrected chi connectivity index (χ2v) is 29.7. The van der Waals surface area contributed by atoms with Crippen LogP contribution in [0.5, 0.6) is 0 Å². The minimum atomic E-state index is -0.230. The number of anilines is 15. The first-order chi connectivity index (χ1) is 59.1. The summed E-state index contributed by atoms with van der Waals surface area (Å²) in [5.41, 5.74) is 24.3. The minimum absolute atomic E-state index is 0. The molecule has 33 nitrogen and oxygen atoms in total. The van der Waals surface area contributed by atoms with Gasteiger partial charge in [0.1, 0.15) is 17.3 Å².